The smallest absolute Gasteiger partial charge is 0.0785 e. The summed E-state index contributed by atoms with van der Waals surface area (Å²) in [5, 5.41) is 0. The first-order chi connectivity index (χ1) is 6.93. The highest BCUT2D eigenvalue weighted by Crippen LogP contribution is 1.98. The average Bonchev–Trinajstić information content (AvgIpc) is 2.33. The van der Waals surface area contributed by atoms with Crippen molar-refractivity contribution in [3.05, 3.63) is 35.9 Å². The Labute approximate surface area is 91.2 Å². The van der Waals surface area contributed by atoms with Crippen LogP contribution in [0.15, 0.2) is 30.3 Å². The van der Waals surface area contributed by atoms with E-state index in [1.807, 2.05) is 26.2 Å². The molecule has 0 aliphatic carbocycles. The highest BCUT2D eigenvalue weighted by molar-refractivity contribution is 7.96. The van der Waals surface area contributed by atoms with Crippen LogP contribution in [0, 0.1) is 0 Å². The van der Waals surface area contributed by atoms with E-state index in [2.05, 4.69) is 29.0 Å². The predicted molar refractivity (Wildman–Crippen MR) is 65.2 cm³/mol. The van der Waals surface area contributed by atoms with Gasteiger partial charge in [0.25, 0.3) is 0 Å². The van der Waals surface area contributed by atoms with E-state index in [4.69, 9.17) is 0 Å². The molecule has 0 aliphatic rings. The number of rotatable bonds is 3. The Morgan fingerprint density at radius 2 is 1.64 bits per heavy atom. The van der Waals surface area contributed by atoms with Crippen LogP contribution in [0.2, 0.25) is 0 Å². The van der Waals surface area contributed by atoms with Gasteiger partial charge in [0.15, 0.2) is 0 Å². The van der Waals surface area contributed by atoms with Crippen molar-refractivity contribution in [2.75, 3.05) is 13.4 Å². The zero-order chi connectivity index (χ0) is 11.2. The molecule has 82 valence electrons. The summed E-state index contributed by atoms with van der Waals surface area (Å²) in [5.41, 5.74) is 1.33. The van der Waals surface area contributed by atoms with Crippen molar-refractivity contribution >= 4 is 11.9 Å². The van der Waals surface area contributed by atoms with Crippen LogP contribution in [0.1, 0.15) is 19.4 Å². The van der Waals surface area contributed by atoms with Crippen molar-refractivity contribution in [1.82, 2.24) is 4.72 Å². The maximum absolute atomic E-state index is 9.50. The number of hydrogen-bond donors (Lipinski definition) is 1. The van der Waals surface area contributed by atoms with Gasteiger partial charge in [0.2, 0.25) is 0 Å². The lowest BCUT2D eigenvalue weighted by Crippen LogP contribution is -2.00. The fraction of sp³-hybridized carbons (Fsp3) is 0.455. The summed E-state index contributed by atoms with van der Waals surface area (Å²) < 4.78 is 12.7. The van der Waals surface area contributed by atoms with Gasteiger partial charge in [0, 0.05) is 6.54 Å². The van der Waals surface area contributed by atoms with Gasteiger partial charge < -0.3 is 0 Å². The molecule has 1 aromatic rings. The van der Waals surface area contributed by atoms with E-state index < -0.39 is 0 Å². The van der Waals surface area contributed by atoms with E-state index in [-0.39, 0.29) is 0 Å². The van der Waals surface area contributed by atoms with Crippen LogP contribution in [0.5, 0.6) is 0 Å². The number of alkyl halides is 1. The van der Waals surface area contributed by atoms with Crippen LogP contribution in [-0.2, 0) is 6.54 Å². The van der Waals surface area contributed by atoms with Gasteiger partial charge in [-0.2, -0.15) is 0 Å². The number of hydrogen-bond acceptors (Lipinski definition) is 2. The Morgan fingerprint density at radius 1 is 1.14 bits per heavy atom. The zero-order valence-corrected chi connectivity index (χ0v) is 10.2. The summed E-state index contributed by atoms with van der Waals surface area (Å²) in [7, 11) is 0.500. The number of nitrogens with one attached hydrogen (secondary N) is 1. The average molecular weight is 217 g/mol. The van der Waals surface area contributed by atoms with Crippen LogP contribution in [0.3, 0.4) is 0 Å². The van der Waals surface area contributed by atoms with E-state index in [9.17, 15) is 4.39 Å². The summed E-state index contributed by atoms with van der Waals surface area (Å²) >= 11 is 1.65. The van der Waals surface area contributed by atoms with Crippen molar-refractivity contribution < 1.29 is 4.39 Å². The lowest BCUT2D eigenvalue weighted by Gasteiger charge is -1.98. The van der Waals surface area contributed by atoms with Crippen LogP contribution < -0.4 is 4.72 Å². The van der Waals surface area contributed by atoms with Crippen LogP contribution >= 0.6 is 11.9 Å². The molecule has 0 saturated heterocycles. The van der Waals surface area contributed by atoms with Gasteiger partial charge in [0.1, 0.15) is 0 Å². The fourth-order valence-electron chi connectivity index (χ4n) is 0.751. The Morgan fingerprint density at radius 3 is 2.07 bits per heavy atom. The molecular weight excluding hydrogens is 197 g/mol. The second kappa shape index (κ2) is 15.0. The molecule has 1 aromatic carbocycles. The largest absolute Gasteiger partial charge is 0.260 e. The van der Waals surface area contributed by atoms with Crippen molar-refractivity contribution in [3.63, 3.8) is 0 Å². The third-order valence-corrected chi connectivity index (χ3v) is 1.70. The first kappa shape index (κ1) is 15.9. The van der Waals surface area contributed by atoms with Crippen LogP contribution in [-0.4, -0.2) is 13.4 Å². The lowest BCUT2D eigenvalue weighted by molar-refractivity contribution is 0.636. The van der Waals surface area contributed by atoms with Crippen LogP contribution in [0.25, 0.3) is 0 Å². The van der Waals surface area contributed by atoms with Crippen LogP contribution in [0.4, 0.5) is 4.39 Å². The molecule has 0 fully saturated rings. The summed E-state index contributed by atoms with van der Waals surface area (Å²) in [6.45, 7) is 4.95. The topological polar surface area (TPSA) is 12.0 Å². The first-order valence-corrected chi connectivity index (χ1v) is 5.83. The van der Waals surface area contributed by atoms with Crippen molar-refractivity contribution in [2.24, 2.45) is 0 Å². The molecule has 0 bridgehead atoms. The number of benzene rings is 1. The quantitative estimate of drug-likeness (QED) is 0.775. The minimum atomic E-state index is 0.500. The van der Waals surface area contributed by atoms with Gasteiger partial charge >= 0.3 is 0 Å². The number of halogens is 1. The summed E-state index contributed by atoms with van der Waals surface area (Å²) in [5.74, 6) is 0. The van der Waals surface area contributed by atoms with Gasteiger partial charge in [-0.15, -0.1) is 0 Å². The molecule has 14 heavy (non-hydrogen) atoms. The fourth-order valence-corrected chi connectivity index (χ4v) is 1.06. The molecule has 1 rings (SSSR count). The minimum absolute atomic E-state index is 0.500. The van der Waals surface area contributed by atoms with E-state index in [1.165, 1.54) is 5.56 Å². The highest BCUT2D eigenvalue weighted by atomic mass is 32.2. The molecule has 0 spiro atoms. The Balaban J connectivity index is 0. The predicted octanol–water partition coefficient (Wildman–Crippen LogP) is 3.67. The third-order valence-electron chi connectivity index (χ3n) is 1.26. The maximum atomic E-state index is 9.50. The Bertz CT molecular complexity index is 180. The molecule has 0 unspecified atom stereocenters. The lowest BCUT2D eigenvalue weighted by atomic mass is 10.2. The van der Waals surface area contributed by atoms with E-state index >= 15 is 0 Å². The third kappa shape index (κ3) is 9.55. The summed E-state index contributed by atoms with van der Waals surface area (Å²) in [6, 6.07) is 10.4. The summed E-state index contributed by atoms with van der Waals surface area (Å²) in [4.78, 5) is 0. The van der Waals surface area contributed by atoms with Gasteiger partial charge in [-0.25, -0.2) is 0 Å². The highest BCUT2D eigenvalue weighted by Gasteiger charge is 1.86. The summed E-state index contributed by atoms with van der Waals surface area (Å²) in [6.07, 6.45) is 2.03. The monoisotopic (exact) mass is 217 g/mol. The minimum Gasteiger partial charge on any atom is -0.260 e. The van der Waals surface area contributed by atoms with Crippen molar-refractivity contribution in [3.8, 4) is 0 Å². The zero-order valence-electron chi connectivity index (χ0n) is 9.38. The molecular formula is C11H20FNS. The van der Waals surface area contributed by atoms with Gasteiger partial charge in [0.05, 0.1) is 7.18 Å². The Kier molecular flexibility index (Phi) is 17.0. The molecule has 1 nitrogen and oxygen atoms in total. The molecule has 3 heteroatoms. The SMILES string of the molecule is CC.CF.CSNCc1ccccc1. The Hall–Kier alpha value is -0.540. The van der Waals surface area contributed by atoms with E-state index in [1.54, 1.807) is 11.9 Å². The van der Waals surface area contributed by atoms with Gasteiger partial charge in [-0.05, 0) is 11.8 Å². The normalized spacial score (nSPS) is 7.79. The van der Waals surface area contributed by atoms with E-state index in [0.717, 1.165) is 6.54 Å². The van der Waals surface area contributed by atoms with Crippen molar-refractivity contribution in [2.45, 2.75) is 20.4 Å². The van der Waals surface area contributed by atoms with Crippen molar-refractivity contribution in [1.29, 1.82) is 0 Å². The van der Waals surface area contributed by atoms with Gasteiger partial charge in [-0.1, -0.05) is 56.1 Å². The molecule has 0 radical (unpaired) electrons. The van der Waals surface area contributed by atoms with E-state index in [0.29, 0.717) is 7.18 Å². The van der Waals surface area contributed by atoms with Gasteiger partial charge in [-0.3, -0.25) is 9.11 Å². The standard InChI is InChI=1S/C8H11NS.C2H6.CH3F/c1-10-9-7-8-5-3-2-4-6-8;2*1-2/h2-6,9H,7H2,1H3;1-2H3;1H3. The molecule has 0 heterocycles. The molecule has 0 saturated carbocycles. The molecule has 0 amide bonds. The second-order valence-corrected chi connectivity index (χ2v) is 2.71. The maximum Gasteiger partial charge on any atom is 0.0785 e. The molecule has 0 atom stereocenters. The molecule has 1 N–H and O–H groups in total. The second-order valence-electron chi connectivity index (χ2n) is 2.01. The first-order valence-electron chi connectivity index (χ1n) is 4.61. The molecule has 0 aliphatic heterocycles. The molecule has 0 aromatic heterocycles.